The Bertz CT molecular complexity index is 697. The van der Waals surface area contributed by atoms with Crippen molar-refractivity contribution >= 4 is 35.0 Å². The molecule has 0 aliphatic carbocycles. The maximum atomic E-state index is 12.3. The average molecular weight is 375 g/mol. The van der Waals surface area contributed by atoms with Gasteiger partial charge in [-0.1, -0.05) is 23.7 Å². The van der Waals surface area contributed by atoms with Crippen LogP contribution in [-0.4, -0.2) is 24.2 Å². The van der Waals surface area contributed by atoms with E-state index in [1.165, 1.54) is 30.3 Å². The molecule has 2 aromatic rings. The lowest BCUT2D eigenvalue weighted by Crippen LogP contribution is -2.30. The molecule has 0 bridgehead atoms. The molecule has 3 rings (SSSR count). The van der Waals surface area contributed by atoms with Gasteiger partial charge < -0.3 is 10.2 Å². The zero-order chi connectivity index (χ0) is 17.6. The maximum Gasteiger partial charge on any atom is 0.233 e. The van der Waals surface area contributed by atoms with E-state index in [1.807, 2.05) is 31.2 Å². The number of benzene rings is 2. The number of halogens is 1. The first kappa shape index (κ1) is 18.2. The molecule has 1 saturated heterocycles. The summed E-state index contributed by atoms with van der Waals surface area (Å²) in [5.74, 6) is 0.0450. The number of nitrogens with zero attached hydrogens (tertiary/aromatic N) is 1. The number of anilines is 1. The van der Waals surface area contributed by atoms with Gasteiger partial charge in [0.05, 0.1) is 5.25 Å². The van der Waals surface area contributed by atoms with E-state index in [-0.39, 0.29) is 11.2 Å². The van der Waals surface area contributed by atoms with Crippen molar-refractivity contribution < 1.29 is 4.79 Å². The Balaban J connectivity index is 1.48. The summed E-state index contributed by atoms with van der Waals surface area (Å²) in [5, 5.41) is 3.58. The first-order valence-electron chi connectivity index (χ1n) is 8.65. The summed E-state index contributed by atoms with van der Waals surface area (Å²) < 4.78 is 0. The normalized spacial score (nSPS) is 15.2. The zero-order valence-electron chi connectivity index (χ0n) is 14.4. The molecule has 1 atom stereocenters. The van der Waals surface area contributed by atoms with Crippen LogP contribution in [0.3, 0.4) is 0 Å². The lowest BCUT2D eigenvalue weighted by Gasteiger charge is -2.18. The van der Waals surface area contributed by atoms with Crippen LogP contribution in [0.5, 0.6) is 0 Å². The molecule has 25 heavy (non-hydrogen) atoms. The van der Waals surface area contributed by atoms with Gasteiger partial charge in [-0.2, -0.15) is 0 Å². The predicted molar refractivity (Wildman–Crippen MR) is 107 cm³/mol. The first-order valence-corrected chi connectivity index (χ1v) is 9.91. The third-order valence-corrected chi connectivity index (χ3v) is 5.73. The van der Waals surface area contributed by atoms with Gasteiger partial charge in [-0.15, -0.1) is 11.8 Å². The van der Waals surface area contributed by atoms with E-state index in [0.29, 0.717) is 11.6 Å². The van der Waals surface area contributed by atoms with Gasteiger partial charge in [0.1, 0.15) is 0 Å². The highest BCUT2D eigenvalue weighted by Crippen LogP contribution is 2.25. The molecular weight excluding hydrogens is 352 g/mol. The Labute approximate surface area is 158 Å². The second-order valence-corrected chi connectivity index (χ2v) is 8.14. The third kappa shape index (κ3) is 5.16. The fraction of sp³-hybridized carbons (Fsp3) is 0.350. The second-order valence-electron chi connectivity index (χ2n) is 6.29. The fourth-order valence-corrected chi connectivity index (χ4v) is 3.92. The Morgan fingerprint density at radius 2 is 1.76 bits per heavy atom. The van der Waals surface area contributed by atoms with E-state index in [9.17, 15) is 4.79 Å². The molecule has 1 amide bonds. The molecule has 0 spiro atoms. The van der Waals surface area contributed by atoms with E-state index >= 15 is 0 Å². The van der Waals surface area contributed by atoms with Gasteiger partial charge in [0, 0.05) is 35.2 Å². The molecule has 2 aromatic carbocycles. The van der Waals surface area contributed by atoms with Gasteiger partial charge >= 0.3 is 0 Å². The Kier molecular flexibility index (Phi) is 6.27. The van der Waals surface area contributed by atoms with Crippen molar-refractivity contribution in [2.75, 3.05) is 18.0 Å². The minimum Gasteiger partial charge on any atom is -0.372 e. The van der Waals surface area contributed by atoms with E-state index in [1.54, 1.807) is 0 Å². The molecule has 1 heterocycles. The van der Waals surface area contributed by atoms with Crippen molar-refractivity contribution in [3.05, 3.63) is 59.1 Å². The van der Waals surface area contributed by atoms with Gasteiger partial charge in [-0.25, -0.2) is 0 Å². The Hall–Kier alpha value is -1.65. The van der Waals surface area contributed by atoms with Crippen LogP contribution >= 0.6 is 23.4 Å². The van der Waals surface area contributed by atoms with Crippen LogP contribution in [0.4, 0.5) is 5.69 Å². The third-order valence-electron chi connectivity index (χ3n) is 4.37. The average Bonchev–Trinajstić information content (AvgIpc) is 3.16. The van der Waals surface area contributed by atoms with Crippen LogP contribution in [0.25, 0.3) is 0 Å². The van der Waals surface area contributed by atoms with Crippen molar-refractivity contribution in [3.63, 3.8) is 0 Å². The number of rotatable bonds is 6. The molecule has 5 heteroatoms. The summed E-state index contributed by atoms with van der Waals surface area (Å²) in [6, 6.07) is 16.1. The molecule has 3 nitrogen and oxygen atoms in total. The lowest BCUT2D eigenvalue weighted by atomic mass is 10.2. The van der Waals surface area contributed by atoms with Crippen molar-refractivity contribution in [1.82, 2.24) is 5.32 Å². The highest BCUT2D eigenvalue weighted by molar-refractivity contribution is 8.00. The maximum absolute atomic E-state index is 12.3. The number of carbonyl (C=O) groups is 1. The number of hydrogen-bond acceptors (Lipinski definition) is 3. The SMILES string of the molecule is C[C@@H](Sc1ccc(Cl)cc1)C(=O)NCc1ccc(N2CCCC2)cc1. The van der Waals surface area contributed by atoms with Crippen molar-refractivity contribution in [3.8, 4) is 0 Å². The van der Waals surface area contributed by atoms with Gasteiger partial charge in [0.25, 0.3) is 0 Å². The van der Waals surface area contributed by atoms with Gasteiger partial charge in [0.15, 0.2) is 0 Å². The molecular formula is C20H23ClN2OS. The Morgan fingerprint density at radius 1 is 1.12 bits per heavy atom. The van der Waals surface area contributed by atoms with Crippen LogP contribution in [0.1, 0.15) is 25.3 Å². The quantitative estimate of drug-likeness (QED) is 0.741. The summed E-state index contributed by atoms with van der Waals surface area (Å²) in [6.07, 6.45) is 2.56. The summed E-state index contributed by atoms with van der Waals surface area (Å²) in [6.45, 7) is 4.78. The molecule has 1 aliphatic rings. The van der Waals surface area contributed by atoms with E-state index in [4.69, 9.17) is 11.6 Å². The number of hydrogen-bond donors (Lipinski definition) is 1. The number of amides is 1. The lowest BCUT2D eigenvalue weighted by molar-refractivity contribution is -0.120. The number of nitrogens with one attached hydrogen (secondary N) is 1. The van der Waals surface area contributed by atoms with Gasteiger partial charge in [0.2, 0.25) is 5.91 Å². The van der Waals surface area contributed by atoms with E-state index in [0.717, 1.165) is 23.5 Å². The molecule has 132 valence electrons. The van der Waals surface area contributed by atoms with Crippen LogP contribution in [-0.2, 0) is 11.3 Å². The highest BCUT2D eigenvalue weighted by Gasteiger charge is 2.15. The second kappa shape index (κ2) is 8.63. The van der Waals surface area contributed by atoms with Crippen molar-refractivity contribution in [2.24, 2.45) is 0 Å². The monoisotopic (exact) mass is 374 g/mol. The summed E-state index contributed by atoms with van der Waals surface area (Å²) >= 11 is 7.43. The number of carbonyl (C=O) groups excluding carboxylic acids is 1. The van der Waals surface area contributed by atoms with E-state index < -0.39 is 0 Å². The smallest absolute Gasteiger partial charge is 0.233 e. The Morgan fingerprint density at radius 3 is 2.40 bits per heavy atom. The molecule has 0 unspecified atom stereocenters. The van der Waals surface area contributed by atoms with Crippen LogP contribution in [0.15, 0.2) is 53.4 Å². The van der Waals surface area contributed by atoms with Crippen LogP contribution in [0, 0.1) is 0 Å². The topological polar surface area (TPSA) is 32.3 Å². The molecule has 1 N–H and O–H groups in total. The van der Waals surface area contributed by atoms with Gasteiger partial charge in [-0.3, -0.25) is 4.79 Å². The summed E-state index contributed by atoms with van der Waals surface area (Å²) in [7, 11) is 0. The van der Waals surface area contributed by atoms with Crippen molar-refractivity contribution in [2.45, 2.75) is 36.5 Å². The number of thioether (sulfide) groups is 1. The molecule has 0 saturated carbocycles. The van der Waals surface area contributed by atoms with Crippen LogP contribution in [0.2, 0.25) is 5.02 Å². The van der Waals surface area contributed by atoms with Crippen LogP contribution < -0.4 is 10.2 Å². The molecule has 1 aliphatic heterocycles. The first-order chi connectivity index (χ1) is 12.1. The summed E-state index contributed by atoms with van der Waals surface area (Å²) in [4.78, 5) is 15.8. The standard InChI is InChI=1S/C20H23ClN2OS/c1-15(25-19-10-6-17(21)7-11-19)20(24)22-14-16-4-8-18(9-5-16)23-12-2-3-13-23/h4-11,15H,2-3,12-14H2,1H3,(H,22,24)/t15-/m1/s1. The van der Waals surface area contributed by atoms with Crippen molar-refractivity contribution in [1.29, 1.82) is 0 Å². The molecule has 0 radical (unpaired) electrons. The fourth-order valence-electron chi connectivity index (χ4n) is 2.90. The minimum absolute atomic E-state index is 0.0450. The molecule has 0 aromatic heterocycles. The van der Waals surface area contributed by atoms with Gasteiger partial charge in [-0.05, 0) is 61.7 Å². The molecule has 1 fully saturated rings. The minimum atomic E-state index is -0.148. The predicted octanol–water partition coefficient (Wildman–Crippen LogP) is 4.74. The zero-order valence-corrected chi connectivity index (χ0v) is 15.9. The largest absolute Gasteiger partial charge is 0.372 e. The summed E-state index contributed by atoms with van der Waals surface area (Å²) in [5.41, 5.74) is 2.40. The van der Waals surface area contributed by atoms with E-state index in [2.05, 4.69) is 34.5 Å². The highest BCUT2D eigenvalue weighted by atomic mass is 35.5.